The molecule has 0 aliphatic rings. The maximum atomic E-state index is 12.3. The molecule has 0 saturated heterocycles. The minimum atomic E-state index is -0.679. The molecular weight excluding hydrogens is 306 g/mol. The molecule has 1 atom stereocenters. The van der Waals surface area contributed by atoms with E-state index in [1.165, 1.54) is 0 Å². The number of aryl methyl sites for hydroxylation is 1. The number of amides is 1. The highest BCUT2D eigenvalue weighted by molar-refractivity contribution is 5.85. The van der Waals surface area contributed by atoms with Crippen molar-refractivity contribution in [2.75, 3.05) is 0 Å². The zero-order chi connectivity index (χ0) is 17.5. The van der Waals surface area contributed by atoms with E-state index in [9.17, 15) is 9.59 Å². The number of carbonyl (C=O) groups is 2. The predicted octanol–water partition coefficient (Wildman–Crippen LogP) is 2.14. The van der Waals surface area contributed by atoms with E-state index in [2.05, 4.69) is 15.3 Å². The SMILES string of the molecule is Cc1nc(CC(=O)N[C@H](C(=O)OCc2ccccc2)C(C)C)c[nH]1. The van der Waals surface area contributed by atoms with Gasteiger partial charge in [0.25, 0.3) is 0 Å². The second-order valence-electron chi connectivity index (χ2n) is 6.04. The minimum Gasteiger partial charge on any atom is -0.459 e. The van der Waals surface area contributed by atoms with Crippen LogP contribution in [0.5, 0.6) is 0 Å². The second-order valence-corrected chi connectivity index (χ2v) is 6.04. The van der Waals surface area contributed by atoms with Crippen molar-refractivity contribution in [1.29, 1.82) is 0 Å². The zero-order valence-electron chi connectivity index (χ0n) is 14.2. The Bertz CT molecular complexity index is 680. The predicted molar refractivity (Wildman–Crippen MR) is 90.0 cm³/mol. The highest BCUT2D eigenvalue weighted by atomic mass is 16.5. The normalized spacial score (nSPS) is 12.0. The van der Waals surface area contributed by atoms with Crippen LogP contribution < -0.4 is 5.32 Å². The van der Waals surface area contributed by atoms with Gasteiger partial charge in [-0.3, -0.25) is 4.79 Å². The summed E-state index contributed by atoms with van der Waals surface area (Å²) in [6, 6.07) is 8.76. The lowest BCUT2D eigenvalue weighted by atomic mass is 10.0. The van der Waals surface area contributed by atoms with Crippen LogP contribution in [-0.2, 0) is 27.4 Å². The lowest BCUT2D eigenvalue weighted by Crippen LogP contribution is -2.45. The highest BCUT2D eigenvalue weighted by Gasteiger charge is 2.26. The van der Waals surface area contributed by atoms with Gasteiger partial charge in [0, 0.05) is 6.20 Å². The standard InChI is InChI=1S/C18H23N3O3/c1-12(2)17(18(23)24-11-14-7-5-4-6-8-14)21-16(22)9-15-10-19-13(3)20-15/h4-8,10,12,17H,9,11H2,1-3H3,(H,19,20)(H,21,22)/t17-/m0/s1. The third kappa shape index (κ3) is 5.22. The minimum absolute atomic E-state index is 0.0712. The first kappa shape index (κ1) is 17.7. The van der Waals surface area contributed by atoms with Gasteiger partial charge in [-0.05, 0) is 18.4 Å². The molecule has 0 fully saturated rings. The number of aromatic nitrogens is 2. The number of nitrogens with one attached hydrogen (secondary N) is 2. The molecule has 0 aliphatic heterocycles. The molecule has 1 aromatic carbocycles. The Labute approximate surface area is 141 Å². The first-order chi connectivity index (χ1) is 11.5. The average molecular weight is 329 g/mol. The van der Waals surface area contributed by atoms with Gasteiger partial charge in [-0.1, -0.05) is 44.2 Å². The molecule has 2 rings (SSSR count). The molecule has 0 unspecified atom stereocenters. The van der Waals surface area contributed by atoms with Crippen molar-refractivity contribution in [3.05, 3.63) is 53.6 Å². The van der Waals surface area contributed by atoms with Gasteiger partial charge in [-0.2, -0.15) is 0 Å². The van der Waals surface area contributed by atoms with E-state index in [0.717, 1.165) is 11.4 Å². The van der Waals surface area contributed by atoms with Gasteiger partial charge >= 0.3 is 5.97 Å². The molecule has 128 valence electrons. The Balaban J connectivity index is 1.90. The molecule has 0 aliphatic carbocycles. The van der Waals surface area contributed by atoms with Crippen LogP contribution in [0.1, 0.15) is 30.9 Å². The number of hydrogen-bond acceptors (Lipinski definition) is 4. The summed E-state index contributed by atoms with van der Waals surface area (Å²) in [6.45, 7) is 5.75. The van der Waals surface area contributed by atoms with Crippen LogP contribution >= 0.6 is 0 Å². The number of esters is 1. The van der Waals surface area contributed by atoms with E-state index < -0.39 is 12.0 Å². The molecule has 1 amide bonds. The van der Waals surface area contributed by atoms with Crippen molar-refractivity contribution in [1.82, 2.24) is 15.3 Å². The van der Waals surface area contributed by atoms with Gasteiger partial charge in [0.05, 0.1) is 12.1 Å². The number of aromatic amines is 1. The molecular formula is C18H23N3O3. The molecule has 1 aromatic heterocycles. The number of rotatable bonds is 7. The smallest absolute Gasteiger partial charge is 0.329 e. The zero-order valence-corrected chi connectivity index (χ0v) is 14.2. The summed E-state index contributed by atoms with van der Waals surface area (Å²) in [5.74, 6) is -0.00380. The van der Waals surface area contributed by atoms with Gasteiger partial charge in [0.15, 0.2) is 0 Å². The Morgan fingerprint density at radius 3 is 2.54 bits per heavy atom. The van der Waals surface area contributed by atoms with Crippen molar-refractivity contribution in [3.63, 3.8) is 0 Å². The van der Waals surface area contributed by atoms with Gasteiger partial charge in [-0.15, -0.1) is 0 Å². The van der Waals surface area contributed by atoms with Crippen LogP contribution in [0.15, 0.2) is 36.5 Å². The molecule has 0 radical (unpaired) electrons. The van der Waals surface area contributed by atoms with E-state index in [1.807, 2.05) is 51.1 Å². The largest absolute Gasteiger partial charge is 0.459 e. The molecule has 24 heavy (non-hydrogen) atoms. The molecule has 1 heterocycles. The first-order valence-electron chi connectivity index (χ1n) is 7.96. The molecule has 6 heteroatoms. The summed E-state index contributed by atoms with van der Waals surface area (Å²) < 4.78 is 5.33. The number of carbonyl (C=O) groups excluding carboxylic acids is 2. The van der Waals surface area contributed by atoms with Gasteiger partial charge in [0.1, 0.15) is 18.5 Å². The van der Waals surface area contributed by atoms with Crippen LogP contribution in [0.2, 0.25) is 0 Å². The lowest BCUT2D eigenvalue weighted by molar-refractivity contribution is -0.150. The fourth-order valence-corrected chi connectivity index (χ4v) is 2.26. The summed E-state index contributed by atoms with van der Waals surface area (Å²) in [6.07, 6.45) is 1.81. The number of nitrogens with zero attached hydrogens (tertiary/aromatic N) is 1. The van der Waals surface area contributed by atoms with Crippen molar-refractivity contribution < 1.29 is 14.3 Å². The summed E-state index contributed by atoms with van der Waals surface area (Å²) in [5.41, 5.74) is 1.55. The van der Waals surface area contributed by atoms with E-state index in [1.54, 1.807) is 6.20 Å². The van der Waals surface area contributed by atoms with Crippen LogP contribution in [-0.4, -0.2) is 27.9 Å². The molecule has 2 N–H and O–H groups in total. The summed E-state index contributed by atoms with van der Waals surface area (Å²) >= 11 is 0. The first-order valence-corrected chi connectivity index (χ1v) is 7.96. The summed E-state index contributed by atoms with van der Waals surface area (Å²) in [7, 11) is 0. The lowest BCUT2D eigenvalue weighted by Gasteiger charge is -2.20. The van der Waals surface area contributed by atoms with Crippen LogP contribution in [0.25, 0.3) is 0 Å². The monoisotopic (exact) mass is 329 g/mol. The van der Waals surface area contributed by atoms with E-state index >= 15 is 0 Å². The number of benzene rings is 1. The second kappa shape index (κ2) is 8.29. The molecule has 0 bridgehead atoms. The Morgan fingerprint density at radius 1 is 1.25 bits per heavy atom. The number of hydrogen-bond donors (Lipinski definition) is 2. The molecule has 0 saturated carbocycles. The number of imidazole rings is 1. The van der Waals surface area contributed by atoms with Crippen molar-refractivity contribution in [3.8, 4) is 0 Å². The van der Waals surface area contributed by atoms with Gasteiger partial charge in [-0.25, -0.2) is 9.78 Å². The van der Waals surface area contributed by atoms with Crippen molar-refractivity contribution in [2.24, 2.45) is 5.92 Å². The maximum absolute atomic E-state index is 12.3. The number of ether oxygens (including phenoxy) is 1. The van der Waals surface area contributed by atoms with Crippen LogP contribution in [0.3, 0.4) is 0 Å². The highest BCUT2D eigenvalue weighted by Crippen LogP contribution is 2.08. The van der Waals surface area contributed by atoms with Crippen molar-refractivity contribution >= 4 is 11.9 Å². The average Bonchev–Trinajstić information content (AvgIpc) is 2.96. The van der Waals surface area contributed by atoms with E-state index in [0.29, 0.717) is 5.69 Å². The Hall–Kier alpha value is -2.63. The quantitative estimate of drug-likeness (QED) is 0.762. The van der Waals surface area contributed by atoms with Gasteiger partial charge < -0.3 is 15.0 Å². The third-order valence-corrected chi connectivity index (χ3v) is 3.56. The topological polar surface area (TPSA) is 84.1 Å². The fraction of sp³-hybridized carbons (Fsp3) is 0.389. The van der Waals surface area contributed by atoms with E-state index in [-0.39, 0.29) is 24.9 Å². The molecule has 0 spiro atoms. The molecule has 6 nitrogen and oxygen atoms in total. The maximum Gasteiger partial charge on any atom is 0.329 e. The van der Waals surface area contributed by atoms with Gasteiger partial charge in [0.2, 0.25) is 5.91 Å². The van der Waals surface area contributed by atoms with Crippen LogP contribution in [0.4, 0.5) is 0 Å². The summed E-state index contributed by atoms with van der Waals surface area (Å²) in [4.78, 5) is 31.6. The van der Waals surface area contributed by atoms with Crippen molar-refractivity contribution in [2.45, 2.75) is 39.8 Å². The fourth-order valence-electron chi connectivity index (χ4n) is 2.26. The Kier molecular flexibility index (Phi) is 6.12. The van der Waals surface area contributed by atoms with Crippen LogP contribution in [0, 0.1) is 12.8 Å². The summed E-state index contributed by atoms with van der Waals surface area (Å²) in [5, 5.41) is 2.74. The Morgan fingerprint density at radius 2 is 1.96 bits per heavy atom. The number of H-pyrrole nitrogens is 1. The molecule has 2 aromatic rings. The van der Waals surface area contributed by atoms with E-state index in [4.69, 9.17) is 4.74 Å². The third-order valence-electron chi connectivity index (χ3n) is 3.56.